The molecule has 0 bridgehead atoms. The molecule has 4 heterocycles. The standard InChI is InChI=1S/C19H17N5/c1-2-21-18-11-15(6-9-22-18)16-3-4-19(23-12-16)24-10-7-14-5-8-20-13-17(14)24/h3-13H,2H2,1H3,(H,21,22). The highest BCUT2D eigenvalue weighted by molar-refractivity contribution is 5.80. The normalized spacial score (nSPS) is 10.9. The second-order valence-corrected chi connectivity index (χ2v) is 5.49. The molecule has 0 saturated carbocycles. The summed E-state index contributed by atoms with van der Waals surface area (Å²) in [7, 11) is 0. The van der Waals surface area contributed by atoms with Gasteiger partial charge in [0.1, 0.15) is 11.6 Å². The van der Waals surface area contributed by atoms with Gasteiger partial charge in [-0.3, -0.25) is 9.55 Å². The van der Waals surface area contributed by atoms with Crippen LogP contribution < -0.4 is 5.32 Å². The predicted octanol–water partition coefficient (Wildman–Crippen LogP) is 3.91. The maximum Gasteiger partial charge on any atom is 0.137 e. The van der Waals surface area contributed by atoms with Gasteiger partial charge in [-0.25, -0.2) is 9.97 Å². The van der Waals surface area contributed by atoms with E-state index in [2.05, 4.69) is 39.3 Å². The van der Waals surface area contributed by atoms with Gasteiger partial charge in [0.15, 0.2) is 0 Å². The molecule has 24 heavy (non-hydrogen) atoms. The molecule has 0 atom stereocenters. The van der Waals surface area contributed by atoms with Crippen LogP contribution in [0.15, 0.2) is 67.4 Å². The Morgan fingerprint density at radius 1 is 0.958 bits per heavy atom. The Morgan fingerprint density at radius 3 is 2.75 bits per heavy atom. The van der Waals surface area contributed by atoms with Crippen LogP contribution in [0.2, 0.25) is 0 Å². The van der Waals surface area contributed by atoms with E-state index in [1.807, 2.05) is 53.6 Å². The van der Waals surface area contributed by atoms with E-state index < -0.39 is 0 Å². The highest BCUT2D eigenvalue weighted by Crippen LogP contribution is 2.23. The van der Waals surface area contributed by atoms with Gasteiger partial charge >= 0.3 is 0 Å². The summed E-state index contributed by atoms with van der Waals surface area (Å²) < 4.78 is 2.04. The second kappa shape index (κ2) is 6.12. The first kappa shape index (κ1) is 14.4. The van der Waals surface area contributed by atoms with E-state index in [0.29, 0.717) is 0 Å². The van der Waals surface area contributed by atoms with Gasteiger partial charge in [0.05, 0.1) is 11.7 Å². The summed E-state index contributed by atoms with van der Waals surface area (Å²) in [6, 6.07) is 12.2. The molecule has 0 amide bonds. The van der Waals surface area contributed by atoms with Gasteiger partial charge in [-0.2, -0.15) is 0 Å². The van der Waals surface area contributed by atoms with Crippen LogP contribution in [0.25, 0.3) is 27.8 Å². The Labute approximate surface area is 140 Å². The molecule has 0 radical (unpaired) electrons. The van der Waals surface area contributed by atoms with Crippen molar-refractivity contribution in [1.82, 2.24) is 19.5 Å². The van der Waals surface area contributed by atoms with Crippen molar-refractivity contribution in [3.63, 3.8) is 0 Å². The largest absolute Gasteiger partial charge is 0.370 e. The van der Waals surface area contributed by atoms with Crippen molar-refractivity contribution in [3.8, 4) is 16.9 Å². The molecular weight excluding hydrogens is 298 g/mol. The van der Waals surface area contributed by atoms with E-state index in [0.717, 1.165) is 40.2 Å². The van der Waals surface area contributed by atoms with Gasteiger partial charge in [-0.1, -0.05) is 0 Å². The zero-order chi connectivity index (χ0) is 16.4. The molecule has 0 aromatic carbocycles. The highest BCUT2D eigenvalue weighted by atomic mass is 15.1. The quantitative estimate of drug-likeness (QED) is 0.620. The minimum atomic E-state index is 0.850. The summed E-state index contributed by atoms with van der Waals surface area (Å²) in [5, 5.41) is 4.38. The molecule has 0 spiro atoms. The Kier molecular flexibility index (Phi) is 3.67. The van der Waals surface area contributed by atoms with Crippen molar-refractivity contribution in [2.75, 3.05) is 11.9 Å². The van der Waals surface area contributed by atoms with Crippen molar-refractivity contribution in [2.45, 2.75) is 6.92 Å². The lowest BCUT2D eigenvalue weighted by Crippen LogP contribution is -1.99. The average molecular weight is 315 g/mol. The van der Waals surface area contributed by atoms with E-state index in [4.69, 9.17) is 0 Å². The third-order valence-corrected chi connectivity index (χ3v) is 3.94. The Morgan fingerprint density at radius 2 is 1.92 bits per heavy atom. The minimum Gasteiger partial charge on any atom is -0.370 e. The monoisotopic (exact) mass is 315 g/mol. The van der Waals surface area contributed by atoms with Crippen molar-refractivity contribution in [3.05, 3.63) is 67.4 Å². The van der Waals surface area contributed by atoms with Crippen LogP contribution in [0.1, 0.15) is 6.92 Å². The molecule has 5 nitrogen and oxygen atoms in total. The lowest BCUT2D eigenvalue weighted by Gasteiger charge is -2.08. The molecular formula is C19H17N5. The van der Waals surface area contributed by atoms with E-state index >= 15 is 0 Å². The SMILES string of the molecule is CCNc1cc(-c2ccc(-n3ccc4ccncc43)nc2)ccn1. The third kappa shape index (κ3) is 2.60. The molecule has 5 heteroatoms. The number of aromatic nitrogens is 4. The van der Waals surface area contributed by atoms with Crippen LogP contribution in [0, 0.1) is 0 Å². The summed E-state index contributed by atoms with van der Waals surface area (Å²) >= 11 is 0. The van der Waals surface area contributed by atoms with Crippen molar-refractivity contribution in [2.24, 2.45) is 0 Å². The number of pyridine rings is 3. The summed E-state index contributed by atoms with van der Waals surface area (Å²) in [4.78, 5) is 13.1. The fourth-order valence-electron chi connectivity index (χ4n) is 2.76. The topological polar surface area (TPSA) is 55.6 Å². The maximum atomic E-state index is 4.62. The van der Waals surface area contributed by atoms with Crippen molar-refractivity contribution < 1.29 is 0 Å². The first-order chi connectivity index (χ1) is 11.8. The highest BCUT2D eigenvalue weighted by Gasteiger charge is 2.05. The average Bonchev–Trinajstić information content (AvgIpc) is 3.07. The van der Waals surface area contributed by atoms with E-state index in [9.17, 15) is 0 Å². The molecule has 0 unspecified atom stereocenters. The second-order valence-electron chi connectivity index (χ2n) is 5.49. The van der Waals surface area contributed by atoms with E-state index in [-0.39, 0.29) is 0 Å². The molecule has 0 aliphatic carbocycles. The number of nitrogens with one attached hydrogen (secondary N) is 1. The number of hydrogen-bond acceptors (Lipinski definition) is 4. The molecule has 118 valence electrons. The Hall–Kier alpha value is -3.21. The van der Waals surface area contributed by atoms with Gasteiger partial charge in [-0.05, 0) is 48.9 Å². The van der Waals surface area contributed by atoms with Crippen LogP contribution in [0.4, 0.5) is 5.82 Å². The molecule has 0 aliphatic heterocycles. The lowest BCUT2D eigenvalue weighted by atomic mass is 10.1. The Balaban J connectivity index is 1.69. The Bertz CT molecular complexity index is 972. The molecule has 0 fully saturated rings. The van der Waals surface area contributed by atoms with E-state index in [1.165, 1.54) is 0 Å². The van der Waals surface area contributed by atoms with Gasteiger partial charge in [0.25, 0.3) is 0 Å². The fourth-order valence-corrected chi connectivity index (χ4v) is 2.76. The molecule has 1 N–H and O–H groups in total. The summed E-state index contributed by atoms with van der Waals surface area (Å²) in [5.41, 5.74) is 3.21. The molecule has 0 aliphatic rings. The molecule has 4 aromatic rings. The molecule has 0 saturated heterocycles. The van der Waals surface area contributed by atoms with Crippen LogP contribution in [-0.4, -0.2) is 26.1 Å². The fraction of sp³-hybridized carbons (Fsp3) is 0.105. The number of nitrogens with zero attached hydrogens (tertiary/aromatic N) is 4. The first-order valence-corrected chi connectivity index (χ1v) is 7.93. The predicted molar refractivity (Wildman–Crippen MR) is 96.3 cm³/mol. The van der Waals surface area contributed by atoms with Crippen LogP contribution in [0.3, 0.4) is 0 Å². The van der Waals surface area contributed by atoms with Gasteiger partial charge < -0.3 is 5.32 Å². The summed E-state index contributed by atoms with van der Waals surface area (Å²) in [6.07, 6.45) is 9.38. The van der Waals surface area contributed by atoms with Gasteiger partial charge in [0, 0.05) is 42.3 Å². The van der Waals surface area contributed by atoms with Gasteiger partial charge in [0.2, 0.25) is 0 Å². The van der Waals surface area contributed by atoms with Crippen LogP contribution >= 0.6 is 0 Å². The van der Waals surface area contributed by atoms with Crippen LogP contribution in [0.5, 0.6) is 0 Å². The minimum absolute atomic E-state index is 0.850. The van der Waals surface area contributed by atoms with Crippen molar-refractivity contribution in [1.29, 1.82) is 0 Å². The third-order valence-electron chi connectivity index (χ3n) is 3.94. The van der Waals surface area contributed by atoms with Crippen LogP contribution in [-0.2, 0) is 0 Å². The number of anilines is 1. The smallest absolute Gasteiger partial charge is 0.137 e. The summed E-state index contributed by atoms with van der Waals surface area (Å²) in [6.45, 7) is 2.91. The number of fused-ring (bicyclic) bond motifs is 1. The lowest BCUT2D eigenvalue weighted by molar-refractivity contribution is 1.04. The number of hydrogen-bond donors (Lipinski definition) is 1. The summed E-state index contributed by atoms with van der Waals surface area (Å²) in [5.74, 6) is 1.75. The molecule has 4 aromatic heterocycles. The van der Waals surface area contributed by atoms with E-state index in [1.54, 1.807) is 6.20 Å². The maximum absolute atomic E-state index is 4.62. The first-order valence-electron chi connectivity index (χ1n) is 7.93. The molecule has 4 rings (SSSR count). The zero-order valence-corrected chi connectivity index (χ0v) is 13.3. The van der Waals surface area contributed by atoms with Crippen molar-refractivity contribution >= 4 is 16.7 Å². The zero-order valence-electron chi connectivity index (χ0n) is 13.3. The van der Waals surface area contributed by atoms with Gasteiger partial charge in [-0.15, -0.1) is 0 Å². The number of rotatable bonds is 4.